The predicted molar refractivity (Wildman–Crippen MR) is 82.9 cm³/mol. The molecule has 0 saturated carbocycles. The zero-order valence-corrected chi connectivity index (χ0v) is 11.6. The van der Waals surface area contributed by atoms with Gasteiger partial charge < -0.3 is 10.3 Å². The summed E-state index contributed by atoms with van der Waals surface area (Å²) < 4.78 is 0. The highest BCUT2D eigenvalue weighted by Gasteiger charge is 2.40. The van der Waals surface area contributed by atoms with Gasteiger partial charge in [-0.2, -0.15) is 0 Å². The van der Waals surface area contributed by atoms with E-state index in [9.17, 15) is 0 Å². The van der Waals surface area contributed by atoms with Gasteiger partial charge in [0.05, 0.1) is 5.54 Å². The molecule has 3 aromatic rings. The Morgan fingerprint density at radius 2 is 2.00 bits per heavy atom. The lowest BCUT2D eigenvalue weighted by Gasteiger charge is -2.31. The highest BCUT2D eigenvalue weighted by atomic mass is 15.0. The molecule has 100 valence electrons. The van der Waals surface area contributed by atoms with Gasteiger partial charge in [-0.1, -0.05) is 43.3 Å². The van der Waals surface area contributed by atoms with Gasteiger partial charge in [0.1, 0.15) is 0 Å². The molecular formula is C18H18N2. The molecule has 2 heteroatoms. The summed E-state index contributed by atoms with van der Waals surface area (Å²) in [7, 11) is 0. The average Bonchev–Trinajstić information content (AvgIpc) is 3.09. The van der Waals surface area contributed by atoms with Crippen LogP contribution in [0.1, 0.15) is 23.6 Å². The van der Waals surface area contributed by atoms with E-state index in [2.05, 4.69) is 65.9 Å². The molecule has 0 fully saturated rings. The molecule has 0 bridgehead atoms. The first-order chi connectivity index (χ1) is 9.85. The second kappa shape index (κ2) is 4.22. The molecular weight excluding hydrogens is 244 g/mol. The first-order valence-electron chi connectivity index (χ1n) is 7.24. The fraction of sp³-hybridized carbons (Fsp3) is 0.222. The van der Waals surface area contributed by atoms with Crippen LogP contribution in [0, 0.1) is 0 Å². The summed E-state index contributed by atoms with van der Waals surface area (Å²) in [6.45, 7) is 3.13. The van der Waals surface area contributed by atoms with E-state index in [-0.39, 0.29) is 5.54 Å². The van der Waals surface area contributed by atoms with Crippen LogP contribution in [0.25, 0.3) is 10.8 Å². The SMILES string of the molecule is CCNC1(c2cc[nH]c2)Cc2cccc3cccc1c23. The maximum Gasteiger partial charge on any atom is 0.0752 e. The molecule has 20 heavy (non-hydrogen) atoms. The van der Waals surface area contributed by atoms with Gasteiger partial charge in [-0.15, -0.1) is 0 Å². The van der Waals surface area contributed by atoms with E-state index in [1.54, 1.807) is 0 Å². The highest BCUT2D eigenvalue weighted by Crippen LogP contribution is 2.44. The zero-order valence-electron chi connectivity index (χ0n) is 11.6. The van der Waals surface area contributed by atoms with Crippen LogP contribution in [-0.2, 0) is 12.0 Å². The number of hydrogen-bond donors (Lipinski definition) is 2. The number of nitrogens with one attached hydrogen (secondary N) is 2. The lowest BCUT2D eigenvalue weighted by Crippen LogP contribution is -2.42. The van der Waals surface area contributed by atoms with Crippen LogP contribution in [0.2, 0.25) is 0 Å². The molecule has 2 aromatic carbocycles. The number of H-pyrrole nitrogens is 1. The van der Waals surface area contributed by atoms with Gasteiger partial charge in [0.25, 0.3) is 0 Å². The number of hydrogen-bond acceptors (Lipinski definition) is 1. The third kappa shape index (κ3) is 1.43. The molecule has 2 nitrogen and oxygen atoms in total. The maximum atomic E-state index is 3.75. The topological polar surface area (TPSA) is 27.8 Å². The van der Waals surface area contributed by atoms with E-state index in [4.69, 9.17) is 0 Å². The molecule has 0 spiro atoms. The van der Waals surface area contributed by atoms with Crippen molar-refractivity contribution in [3.05, 3.63) is 71.5 Å². The smallest absolute Gasteiger partial charge is 0.0752 e. The summed E-state index contributed by atoms with van der Waals surface area (Å²) in [5.41, 5.74) is 4.09. The van der Waals surface area contributed by atoms with Crippen molar-refractivity contribution in [3.63, 3.8) is 0 Å². The first kappa shape index (κ1) is 11.7. The summed E-state index contributed by atoms with van der Waals surface area (Å²) in [6.07, 6.45) is 5.15. The third-order valence-electron chi connectivity index (χ3n) is 4.48. The molecule has 1 atom stereocenters. The van der Waals surface area contributed by atoms with Crippen molar-refractivity contribution in [1.82, 2.24) is 10.3 Å². The van der Waals surface area contributed by atoms with E-state index in [0.29, 0.717) is 0 Å². The van der Waals surface area contributed by atoms with Crippen molar-refractivity contribution in [1.29, 1.82) is 0 Å². The number of aromatic amines is 1. The van der Waals surface area contributed by atoms with Crippen molar-refractivity contribution >= 4 is 10.8 Å². The van der Waals surface area contributed by atoms with Crippen LogP contribution in [0.5, 0.6) is 0 Å². The van der Waals surface area contributed by atoms with Gasteiger partial charge in [0, 0.05) is 12.4 Å². The standard InChI is InChI=1S/C18H18N2/c1-2-20-18(15-9-10-19-12-15)11-14-7-3-5-13-6-4-8-16(18)17(13)14/h3-10,12,19-20H,2,11H2,1H3. The Morgan fingerprint density at radius 3 is 2.75 bits per heavy atom. The molecule has 0 amide bonds. The van der Waals surface area contributed by atoms with Crippen LogP contribution in [-0.4, -0.2) is 11.5 Å². The Morgan fingerprint density at radius 1 is 1.15 bits per heavy atom. The van der Waals surface area contributed by atoms with E-state index >= 15 is 0 Å². The molecule has 1 aromatic heterocycles. The average molecular weight is 262 g/mol. The minimum Gasteiger partial charge on any atom is -0.367 e. The lowest BCUT2D eigenvalue weighted by molar-refractivity contribution is 0.424. The number of benzene rings is 2. The van der Waals surface area contributed by atoms with Crippen LogP contribution >= 0.6 is 0 Å². The quantitative estimate of drug-likeness (QED) is 0.742. The zero-order chi connectivity index (χ0) is 13.6. The van der Waals surface area contributed by atoms with E-state index in [1.807, 2.05) is 6.20 Å². The molecule has 4 rings (SSSR count). The second-order valence-corrected chi connectivity index (χ2v) is 5.53. The normalized spacial score (nSPS) is 20.6. The first-order valence-corrected chi connectivity index (χ1v) is 7.24. The Balaban J connectivity index is 2.04. The van der Waals surface area contributed by atoms with Gasteiger partial charge in [-0.05, 0) is 46.5 Å². The molecule has 1 aliphatic rings. The van der Waals surface area contributed by atoms with Gasteiger partial charge in [-0.25, -0.2) is 0 Å². The van der Waals surface area contributed by atoms with E-state index in [1.165, 1.54) is 27.5 Å². The van der Waals surface area contributed by atoms with Crippen LogP contribution in [0.3, 0.4) is 0 Å². The van der Waals surface area contributed by atoms with E-state index in [0.717, 1.165) is 13.0 Å². The minimum absolute atomic E-state index is 0.0854. The second-order valence-electron chi connectivity index (χ2n) is 5.53. The van der Waals surface area contributed by atoms with Crippen molar-refractivity contribution < 1.29 is 0 Å². The molecule has 2 N–H and O–H groups in total. The summed E-state index contributed by atoms with van der Waals surface area (Å²) in [4.78, 5) is 3.21. The van der Waals surface area contributed by atoms with Crippen LogP contribution in [0.4, 0.5) is 0 Å². The molecule has 0 saturated heterocycles. The maximum absolute atomic E-state index is 3.75. The summed E-state index contributed by atoms with van der Waals surface area (Å²) >= 11 is 0. The van der Waals surface area contributed by atoms with E-state index < -0.39 is 0 Å². The molecule has 0 aliphatic heterocycles. The Hall–Kier alpha value is -2.06. The Labute approximate surface area is 118 Å². The minimum atomic E-state index is -0.0854. The Bertz CT molecular complexity index is 753. The number of aromatic nitrogens is 1. The third-order valence-corrected chi connectivity index (χ3v) is 4.48. The van der Waals surface area contributed by atoms with Crippen LogP contribution < -0.4 is 5.32 Å². The van der Waals surface area contributed by atoms with Gasteiger partial charge in [0.15, 0.2) is 0 Å². The number of likely N-dealkylation sites (N-methyl/N-ethyl adjacent to an activating group) is 1. The predicted octanol–water partition coefficient (Wildman–Crippen LogP) is 3.58. The monoisotopic (exact) mass is 262 g/mol. The molecule has 1 heterocycles. The van der Waals surface area contributed by atoms with Crippen molar-refractivity contribution in [3.8, 4) is 0 Å². The number of rotatable bonds is 3. The van der Waals surface area contributed by atoms with Gasteiger partial charge in [0.2, 0.25) is 0 Å². The highest BCUT2D eigenvalue weighted by molar-refractivity contribution is 5.92. The largest absolute Gasteiger partial charge is 0.367 e. The molecule has 1 aliphatic carbocycles. The van der Waals surface area contributed by atoms with Crippen molar-refractivity contribution in [2.75, 3.05) is 6.54 Å². The lowest BCUT2D eigenvalue weighted by atomic mass is 9.84. The molecule has 1 unspecified atom stereocenters. The summed E-state index contributed by atoms with van der Waals surface area (Å²) in [5.74, 6) is 0. The van der Waals surface area contributed by atoms with Gasteiger partial charge >= 0.3 is 0 Å². The van der Waals surface area contributed by atoms with Crippen LogP contribution in [0.15, 0.2) is 54.9 Å². The van der Waals surface area contributed by atoms with Crippen molar-refractivity contribution in [2.24, 2.45) is 0 Å². The van der Waals surface area contributed by atoms with Gasteiger partial charge in [-0.3, -0.25) is 0 Å². The summed E-state index contributed by atoms with van der Waals surface area (Å²) in [5, 5.41) is 6.52. The Kier molecular flexibility index (Phi) is 2.48. The fourth-order valence-corrected chi connectivity index (χ4v) is 3.71. The fourth-order valence-electron chi connectivity index (χ4n) is 3.71. The molecule has 0 radical (unpaired) electrons. The summed E-state index contributed by atoms with van der Waals surface area (Å²) in [6, 6.07) is 15.5. The van der Waals surface area contributed by atoms with Crippen molar-refractivity contribution in [2.45, 2.75) is 18.9 Å².